The molecule has 1 rings (SSSR count). The van der Waals surface area contributed by atoms with Gasteiger partial charge in [0.1, 0.15) is 6.61 Å². The minimum absolute atomic E-state index is 0.949. The van der Waals surface area contributed by atoms with Crippen LogP contribution in [-0.2, 0) is 0 Å². The second kappa shape index (κ2) is 3.05. The van der Waals surface area contributed by atoms with Crippen molar-refractivity contribution in [1.82, 2.24) is 0 Å². The first-order chi connectivity index (χ1) is 5.16. The maximum absolute atomic E-state index is 8.90. The predicted molar refractivity (Wildman–Crippen MR) is 46.0 cm³/mol. The largest absolute Gasteiger partial charge is 0.385 e. The van der Waals surface area contributed by atoms with Gasteiger partial charge in [0.2, 0.25) is 0 Å². The van der Waals surface area contributed by atoms with Crippen LogP contribution in [0.4, 0.5) is 0 Å². The molecule has 11 heavy (non-hydrogen) atoms. The highest BCUT2D eigenvalue weighted by Gasteiger charge is 2.02. The number of hydrogen-bond donors (Lipinski definition) is 1. The van der Waals surface area contributed by atoms with E-state index in [1.54, 1.807) is 0 Å². The van der Waals surface area contributed by atoms with E-state index in [0.29, 0.717) is 0 Å². The standard InChI is InChI=1S/C10H13O/c1-7-4-5-8(2)10(6-11)9(7)3/h4-6,11H,1-3H3. The summed E-state index contributed by atoms with van der Waals surface area (Å²) in [4.78, 5) is 0. The average molecular weight is 149 g/mol. The average Bonchev–Trinajstić information content (AvgIpc) is 1.99. The van der Waals surface area contributed by atoms with E-state index in [2.05, 4.69) is 6.07 Å². The number of hydrogen-bond acceptors (Lipinski definition) is 1. The summed E-state index contributed by atoms with van der Waals surface area (Å²) in [5, 5.41) is 8.90. The Kier molecular flexibility index (Phi) is 2.30. The predicted octanol–water partition coefficient (Wildman–Crippen LogP) is 2.49. The van der Waals surface area contributed by atoms with Crippen molar-refractivity contribution in [3.63, 3.8) is 0 Å². The van der Waals surface area contributed by atoms with Crippen molar-refractivity contribution >= 4 is 0 Å². The first kappa shape index (κ1) is 8.28. The molecule has 1 heteroatoms. The fourth-order valence-corrected chi connectivity index (χ4v) is 1.17. The second-order valence-corrected chi connectivity index (χ2v) is 2.87. The van der Waals surface area contributed by atoms with E-state index in [-0.39, 0.29) is 0 Å². The number of aliphatic hydroxyl groups excluding tert-OH is 1. The van der Waals surface area contributed by atoms with Crippen molar-refractivity contribution < 1.29 is 5.11 Å². The molecule has 59 valence electrons. The normalized spacial score (nSPS) is 10.2. The van der Waals surface area contributed by atoms with E-state index in [1.807, 2.05) is 26.8 Å². The summed E-state index contributed by atoms with van der Waals surface area (Å²) in [6.07, 6.45) is 0. The Labute approximate surface area is 67.7 Å². The number of aliphatic hydroxyl groups is 1. The van der Waals surface area contributed by atoms with E-state index < -0.39 is 0 Å². The van der Waals surface area contributed by atoms with Gasteiger partial charge in [-0.25, -0.2) is 0 Å². The second-order valence-electron chi connectivity index (χ2n) is 2.87. The van der Waals surface area contributed by atoms with Gasteiger partial charge in [0.05, 0.1) is 0 Å². The Morgan fingerprint density at radius 2 is 1.64 bits per heavy atom. The molecule has 1 N–H and O–H groups in total. The Morgan fingerprint density at radius 1 is 1.09 bits per heavy atom. The van der Waals surface area contributed by atoms with Gasteiger partial charge in [-0.1, -0.05) is 12.1 Å². The third-order valence-electron chi connectivity index (χ3n) is 2.13. The van der Waals surface area contributed by atoms with Crippen LogP contribution in [-0.4, -0.2) is 5.11 Å². The van der Waals surface area contributed by atoms with Gasteiger partial charge in [-0.3, -0.25) is 0 Å². The van der Waals surface area contributed by atoms with Crippen LogP contribution in [0.15, 0.2) is 12.1 Å². The third-order valence-corrected chi connectivity index (χ3v) is 2.13. The van der Waals surface area contributed by atoms with Crippen molar-refractivity contribution in [2.45, 2.75) is 20.8 Å². The van der Waals surface area contributed by atoms with Gasteiger partial charge in [0.25, 0.3) is 0 Å². The molecular weight excluding hydrogens is 136 g/mol. The molecule has 0 amide bonds. The Hall–Kier alpha value is -0.820. The Bertz CT molecular complexity index is 264. The molecule has 1 radical (unpaired) electrons. The van der Waals surface area contributed by atoms with Crippen molar-refractivity contribution in [3.05, 3.63) is 41.0 Å². The van der Waals surface area contributed by atoms with Gasteiger partial charge in [-0.15, -0.1) is 0 Å². The summed E-state index contributed by atoms with van der Waals surface area (Å²) in [5.41, 5.74) is 4.45. The van der Waals surface area contributed by atoms with Gasteiger partial charge in [0, 0.05) is 0 Å². The zero-order valence-electron chi connectivity index (χ0n) is 7.18. The van der Waals surface area contributed by atoms with E-state index in [4.69, 9.17) is 5.11 Å². The molecule has 0 spiro atoms. The first-order valence-corrected chi connectivity index (χ1v) is 3.71. The topological polar surface area (TPSA) is 20.2 Å². The molecule has 0 atom stereocenters. The zero-order valence-corrected chi connectivity index (χ0v) is 7.18. The van der Waals surface area contributed by atoms with Crippen molar-refractivity contribution in [2.24, 2.45) is 0 Å². The van der Waals surface area contributed by atoms with Gasteiger partial charge in [0.15, 0.2) is 0 Å². The first-order valence-electron chi connectivity index (χ1n) is 3.71. The summed E-state index contributed by atoms with van der Waals surface area (Å²) in [5.74, 6) is 0. The van der Waals surface area contributed by atoms with Gasteiger partial charge in [-0.05, 0) is 43.0 Å². The van der Waals surface area contributed by atoms with Gasteiger partial charge in [-0.2, -0.15) is 0 Å². The van der Waals surface area contributed by atoms with Crippen LogP contribution in [0.25, 0.3) is 0 Å². The summed E-state index contributed by atoms with van der Waals surface area (Å²) in [6.45, 7) is 7.23. The molecule has 1 aromatic carbocycles. The van der Waals surface area contributed by atoms with Crippen LogP contribution >= 0.6 is 0 Å². The molecule has 0 saturated carbocycles. The number of aryl methyl sites for hydroxylation is 2. The molecule has 1 aromatic rings. The third kappa shape index (κ3) is 1.43. The Morgan fingerprint density at radius 3 is 2.09 bits per heavy atom. The van der Waals surface area contributed by atoms with Crippen LogP contribution in [0.5, 0.6) is 0 Å². The zero-order chi connectivity index (χ0) is 8.43. The van der Waals surface area contributed by atoms with Crippen molar-refractivity contribution in [3.8, 4) is 0 Å². The van der Waals surface area contributed by atoms with E-state index in [9.17, 15) is 0 Å². The smallest absolute Gasteiger partial charge is 0.110 e. The molecule has 0 aliphatic carbocycles. The van der Waals surface area contributed by atoms with Crippen molar-refractivity contribution in [2.75, 3.05) is 0 Å². The van der Waals surface area contributed by atoms with E-state index in [1.165, 1.54) is 12.2 Å². The van der Waals surface area contributed by atoms with Crippen LogP contribution in [0, 0.1) is 27.4 Å². The molecule has 0 aromatic heterocycles. The van der Waals surface area contributed by atoms with Crippen LogP contribution in [0.2, 0.25) is 0 Å². The van der Waals surface area contributed by atoms with E-state index >= 15 is 0 Å². The van der Waals surface area contributed by atoms with Crippen molar-refractivity contribution in [1.29, 1.82) is 0 Å². The molecule has 0 unspecified atom stereocenters. The number of rotatable bonds is 1. The highest BCUT2D eigenvalue weighted by Crippen LogP contribution is 2.17. The fraction of sp³-hybridized carbons (Fsp3) is 0.300. The quantitative estimate of drug-likeness (QED) is 0.650. The van der Waals surface area contributed by atoms with Gasteiger partial charge < -0.3 is 5.11 Å². The maximum atomic E-state index is 8.90. The summed E-state index contributed by atoms with van der Waals surface area (Å²) >= 11 is 0. The molecule has 0 aliphatic heterocycles. The molecule has 0 bridgehead atoms. The summed E-state index contributed by atoms with van der Waals surface area (Å²) in [6, 6.07) is 4.09. The molecule has 0 aliphatic rings. The molecular formula is C10H13O. The minimum Gasteiger partial charge on any atom is -0.385 e. The lowest BCUT2D eigenvalue weighted by molar-refractivity contribution is 0.413. The van der Waals surface area contributed by atoms with E-state index in [0.717, 1.165) is 16.7 Å². The monoisotopic (exact) mass is 149 g/mol. The molecule has 0 saturated heterocycles. The van der Waals surface area contributed by atoms with Crippen LogP contribution < -0.4 is 0 Å². The number of benzene rings is 1. The summed E-state index contributed by atoms with van der Waals surface area (Å²) in [7, 11) is 0. The summed E-state index contributed by atoms with van der Waals surface area (Å²) < 4.78 is 0. The molecule has 1 nitrogen and oxygen atoms in total. The lowest BCUT2D eigenvalue weighted by Gasteiger charge is -2.08. The lowest BCUT2D eigenvalue weighted by Crippen LogP contribution is -1.93. The van der Waals surface area contributed by atoms with Gasteiger partial charge >= 0.3 is 0 Å². The van der Waals surface area contributed by atoms with Crippen LogP contribution in [0.3, 0.4) is 0 Å². The maximum Gasteiger partial charge on any atom is 0.110 e. The highest BCUT2D eigenvalue weighted by atomic mass is 16.3. The van der Waals surface area contributed by atoms with Crippen LogP contribution in [0.1, 0.15) is 22.3 Å². The SMILES string of the molecule is Cc1ccc(C)c([CH]O)c1C. The molecule has 0 heterocycles. The highest BCUT2D eigenvalue weighted by molar-refractivity contribution is 5.41. The molecule has 0 fully saturated rings. The minimum atomic E-state index is 0.949. The Balaban J connectivity index is 3.29. The lowest BCUT2D eigenvalue weighted by atomic mass is 9.99. The fourth-order valence-electron chi connectivity index (χ4n) is 1.17.